The summed E-state index contributed by atoms with van der Waals surface area (Å²) in [6.45, 7) is 2.98. The van der Waals surface area contributed by atoms with E-state index in [2.05, 4.69) is 76.0 Å². The van der Waals surface area contributed by atoms with E-state index in [4.69, 9.17) is 5.10 Å². The maximum absolute atomic E-state index is 5.00. The van der Waals surface area contributed by atoms with Crippen molar-refractivity contribution in [2.75, 3.05) is 0 Å². The third-order valence-electron chi connectivity index (χ3n) is 5.98. The Bertz CT molecular complexity index is 1080. The van der Waals surface area contributed by atoms with Crippen LogP contribution in [0.5, 0.6) is 0 Å². The fourth-order valence-corrected chi connectivity index (χ4v) is 4.51. The molecule has 1 aliphatic carbocycles. The summed E-state index contributed by atoms with van der Waals surface area (Å²) in [5.74, 6) is 0. The van der Waals surface area contributed by atoms with Crippen LogP contribution in [-0.4, -0.2) is 19.6 Å². The molecule has 142 valence electrons. The first-order valence-electron chi connectivity index (χ1n) is 10.4. The zero-order chi connectivity index (χ0) is 18.9. The maximum atomic E-state index is 5.00. The highest BCUT2D eigenvalue weighted by Gasteiger charge is 2.21. The quantitative estimate of drug-likeness (QED) is 0.457. The van der Waals surface area contributed by atoms with Crippen LogP contribution < -0.4 is 0 Å². The fourth-order valence-electron chi connectivity index (χ4n) is 4.51. The van der Waals surface area contributed by atoms with Crippen molar-refractivity contribution in [1.29, 1.82) is 0 Å². The molecule has 2 heterocycles. The number of aromatic nitrogens is 4. The molecule has 4 nitrogen and oxygen atoms in total. The molecular formula is C24H26N4. The molecule has 0 N–H and O–H groups in total. The zero-order valence-electron chi connectivity index (χ0n) is 16.4. The number of nitrogens with zero attached hydrogens (tertiary/aromatic N) is 4. The lowest BCUT2D eigenvalue weighted by Gasteiger charge is -2.12. The maximum Gasteiger partial charge on any atom is 0.0700 e. The predicted octanol–water partition coefficient (Wildman–Crippen LogP) is 5.63. The number of hydrogen-bond acceptors (Lipinski definition) is 2. The number of hydrogen-bond donors (Lipinski definition) is 0. The monoisotopic (exact) mass is 370 g/mol. The van der Waals surface area contributed by atoms with Gasteiger partial charge in [0.2, 0.25) is 0 Å². The Morgan fingerprint density at radius 1 is 1.00 bits per heavy atom. The predicted molar refractivity (Wildman–Crippen MR) is 113 cm³/mol. The molecule has 0 atom stereocenters. The summed E-state index contributed by atoms with van der Waals surface area (Å²) >= 11 is 0. The second-order valence-electron chi connectivity index (χ2n) is 7.77. The summed E-state index contributed by atoms with van der Waals surface area (Å²) in [5.41, 5.74) is 6.11. The third-order valence-corrected chi connectivity index (χ3v) is 5.98. The molecule has 4 aromatic rings. The smallest absolute Gasteiger partial charge is 0.0700 e. The lowest BCUT2D eigenvalue weighted by molar-refractivity contribution is 0.478. The summed E-state index contributed by atoms with van der Waals surface area (Å²) in [4.78, 5) is 0. The van der Waals surface area contributed by atoms with E-state index in [1.165, 1.54) is 53.4 Å². The van der Waals surface area contributed by atoms with Crippen molar-refractivity contribution in [3.63, 3.8) is 0 Å². The van der Waals surface area contributed by atoms with Gasteiger partial charge in [-0.2, -0.15) is 10.2 Å². The third kappa shape index (κ3) is 3.03. The van der Waals surface area contributed by atoms with Gasteiger partial charge in [-0.05, 0) is 37.0 Å². The average Bonchev–Trinajstić information content (AvgIpc) is 3.48. The van der Waals surface area contributed by atoms with Gasteiger partial charge in [0.25, 0.3) is 0 Å². The largest absolute Gasteiger partial charge is 0.262 e. The van der Waals surface area contributed by atoms with Crippen LogP contribution in [0.2, 0.25) is 0 Å². The van der Waals surface area contributed by atoms with Crippen molar-refractivity contribution in [2.24, 2.45) is 0 Å². The van der Waals surface area contributed by atoms with Gasteiger partial charge in [0.15, 0.2) is 0 Å². The Morgan fingerprint density at radius 3 is 2.61 bits per heavy atom. The standard InChI is InChI=1S/C24H26N4/c1-2-22-21-13-12-19(16-24(21)28(26-22)20-10-6-7-11-20)23-14-15-25-27(23)17-18-8-4-3-5-9-18/h3-5,8-9,12-16,20H,2,6-7,10-11,17H2,1H3. The second kappa shape index (κ2) is 7.27. The second-order valence-corrected chi connectivity index (χ2v) is 7.77. The van der Waals surface area contributed by atoms with Crippen molar-refractivity contribution in [2.45, 2.75) is 51.6 Å². The summed E-state index contributed by atoms with van der Waals surface area (Å²) in [7, 11) is 0. The normalized spacial score (nSPS) is 14.9. The van der Waals surface area contributed by atoms with Crippen LogP contribution in [-0.2, 0) is 13.0 Å². The fraction of sp³-hybridized carbons (Fsp3) is 0.333. The van der Waals surface area contributed by atoms with E-state index < -0.39 is 0 Å². The molecule has 0 unspecified atom stereocenters. The summed E-state index contributed by atoms with van der Waals surface area (Å²) < 4.78 is 4.40. The average molecular weight is 371 g/mol. The van der Waals surface area contributed by atoms with Crippen molar-refractivity contribution in [3.8, 4) is 11.3 Å². The SMILES string of the molecule is CCc1nn(C2CCCC2)c2cc(-c3ccnn3Cc3ccccc3)ccc12. The van der Waals surface area contributed by atoms with E-state index in [0.717, 1.165) is 18.7 Å². The Kier molecular flexibility index (Phi) is 4.47. The molecule has 1 fully saturated rings. The number of fused-ring (bicyclic) bond motifs is 1. The minimum atomic E-state index is 0.548. The van der Waals surface area contributed by atoms with Gasteiger partial charge in [-0.1, -0.05) is 62.2 Å². The van der Waals surface area contributed by atoms with Crippen LogP contribution in [0.25, 0.3) is 22.2 Å². The van der Waals surface area contributed by atoms with Crippen LogP contribution in [0.4, 0.5) is 0 Å². The lowest BCUT2D eigenvalue weighted by atomic mass is 10.1. The Hall–Kier alpha value is -2.88. The summed E-state index contributed by atoms with van der Waals surface area (Å²) in [5, 5.41) is 10.9. The van der Waals surface area contributed by atoms with E-state index >= 15 is 0 Å². The van der Waals surface area contributed by atoms with Crippen LogP contribution in [0.15, 0.2) is 60.8 Å². The molecular weight excluding hydrogens is 344 g/mol. The molecule has 0 aliphatic heterocycles. The highest BCUT2D eigenvalue weighted by Crippen LogP contribution is 2.34. The molecule has 5 rings (SSSR count). The van der Waals surface area contributed by atoms with E-state index in [-0.39, 0.29) is 0 Å². The minimum absolute atomic E-state index is 0.548. The molecule has 28 heavy (non-hydrogen) atoms. The summed E-state index contributed by atoms with van der Waals surface area (Å²) in [6, 6.07) is 20.0. The molecule has 0 bridgehead atoms. The van der Waals surface area contributed by atoms with Crippen molar-refractivity contribution >= 4 is 10.9 Å². The van der Waals surface area contributed by atoms with Gasteiger partial charge in [-0.25, -0.2) is 0 Å². The molecule has 1 aliphatic rings. The molecule has 0 amide bonds. The highest BCUT2D eigenvalue weighted by atomic mass is 15.3. The van der Waals surface area contributed by atoms with Gasteiger partial charge in [-0.3, -0.25) is 9.36 Å². The molecule has 0 radical (unpaired) electrons. The van der Waals surface area contributed by atoms with Crippen LogP contribution >= 0.6 is 0 Å². The lowest BCUT2D eigenvalue weighted by Crippen LogP contribution is -2.07. The first-order valence-corrected chi connectivity index (χ1v) is 10.4. The summed E-state index contributed by atoms with van der Waals surface area (Å²) in [6.07, 6.45) is 8.00. The van der Waals surface area contributed by atoms with E-state index in [0.29, 0.717) is 6.04 Å². The number of aryl methyl sites for hydroxylation is 1. The van der Waals surface area contributed by atoms with Gasteiger partial charge in [0, 0.05) is 17.1 Å². The van der Waals surface area contributed by atoms with Gasteiger partial charge in [0.05, 0.1) is 29.5 Å². The number of rotatable bonds is 5. The highest BCUT2D eigenvalue weighted by molar-refractivity contribution is 5.86. The molecule has 0 saturated heterocycles. The van der Waals surface area contributed by atoms with E-state index in [1.54, 1.807) is 0 Å². The van der Waals surface area contributed by atoms with Crippen LogP contribution in [0.3, 0.4) is 0 Å². The topological polar surface area (TPSA) is 35.6 Å². The van der Waals surface area contributed by atoms with Crippen molar-refractivity contribution in [3.05, 3.63) is 72.1 Å². The molecule has 2 aromatic carbocycles. The molecule has 4 heteroatoms. The van der Waals surface area contributed by atoms with Crippen molar-refractivity contribution in [1.82, 2.24) is 19.6 Å². The first kappa shape index (κ1) is 17.2. The Balaban J connectivity index is 1.57. The van der Waals surface area contributed by atoms with Gasteiger partial charge in [0.1, 0.15) is 0 Å². The van der Waals surface area contributed by atoms with Gasteiger partial charge in [-0.15, -0.1) is 0 Å². The first-order chi connectivity index (χ1) is 13.8. The van der Waals surface area contributed by atoms with Crippen LogP contribution in [0, 0.1) is 0 Å². The van der Waals surface area contributed by atoms with E-state index in [1.807, 2.05) is 6.20 Å². The minimum Gasteiger partial charge on any atom is -0.262 e. The van der Waals surface area contributed by atoms with Gasteiger partial charge >= 0.3 is 0 Å². The van der Waals surface area contributed by atoms with Crippen LogP contribution in [0.1, 0.15) is 49.9 Å². The molecule has 2 aromatic heterocycles. The number of benzene rings is 2. The zero-order valence-corrected chi connectivity index (χ0v) is 16.4. The molecule has 1 saturated carbocycles. The van der Waals surface area contributed by atoms with Crippen molar-refractivity contribution < 1.29 is 0 Å². The Morgan fingerprint density at radius 2 is 1.82 bits per heavy atom. The van der Waals surface area contributed by atoms with Gasteiger partial charge < -0.3 is 0 Å². The van der Waals surface area contributed by atoms with E-state index in [9.17, 15) is 0 Å². The Labute approximate surface area is 165 Å². The molecule has 0 spiro atoms.